The molecule has 0 aliphatic heterocycles. The zero-order valence-electron chi connectivity index (χ0n) is 14.3. The Morgan fingerprint density at radius 1 is 1.22 bits per heavy atom. The summed E-state index contributed by atoms with van der Waals surface area (Å²) < 4.78 is 31.8. The van der Waals surface area contributed by atoms with Crippen LogP contribution in [0.1, 0.15) is 23.2 Å². The van der Waals surface area contributed by atoms with Crippen LogP contribution in [0, 0.1) is 0 Å². The smallest absolute Gasteiger partial charge is 0.322 e. The molecule has 0 radical (unpaired) electrons. The summed E-state index contributed by atoms with van der Waals surface area (Å²) in [6.45, 7) is 0. The van der Waals surface area contributed by atoms with E-state index in [1.807, 2.05) is 17.5 Å². The summed E-state index contributed by atoms with van der Waals surface area (Å²) in [7, 11) is -1.96. The monoisotopic (exact) mass is 404 g/mol. The third kappa shape index (κ3) is 3.64. The van der Waals surface area contributed by atoms with Gasteiger partial charge >= 0.3 is 6.01 Å². The van der Waals surface area contributed by atoms with Crippen molar-refractivity contribution in [2.75, 3.05) is 12.4 Å². The SMILES string of the molecule is CN(C1CC1)S(=O)(=O)c1ccc(C(=O)Nc2nnc(-c3cccs3)o2)cc1. The van der Waals surface area contributed by atoms with Crippen molar-refractivity contribution in [1.82, 2.24) is 14.5 Å². The molecule has 1 aliphatic carbocycles. The molecule has 10 heteroatoms. The number of rotatable bonds is 6. The minimum atomic E-state index is -3.54. The molecular formula is C17H16N4O4S2. The molecule has 0 spiro atoms. The first-order chi connectivity index (χ1) is 12.9. The number of benzene rings is 1. The number of nitrogens with one attached hydrogen (secondary N) is 1. The highest BCUT2D eigenvalue weighted by Gasteiger charge is 2.35. The lowest BCUT2D eigenvalue weighted by Crippen LogP contribution is -2.29. The molecule has 0 saturated heterocycles. The van der Waals surface area contributed by atoms with E-state index >= 15 is 0 Å². The van der Waals surface area contributed by atoms with Gasteiger partial charge in [-0.3, -0.25) is 10.1 Å². The molecular weight excluding hydrogens is 388 g/mol. The normalized spacial score (nSPS) is 14.4. The minimum Gasteiger partial charge on any atom is -0.402 e. The number of thiophene rings is 1. The van der Waals surface area contributed by atoms with Crippen LogP contribution in [0.5, 0.6) is 0 Å². The largest absolute Gasteiger partial charge is 0.402 e. The van der Waals surface area contributed by atoms with E-state index in [-0.39, 0.29) is 17.0 Å². The zero-order chi connectivity index (χ0) is 19.0. The van der Waals surface area contributed by atoms with Gasteiger partial charge in [-0.15, -0.1) is 16.4 Å². The number of hydrogen-bond acceptors (Lipinski definition) is 7. The van der Waals surface area contributed by atoms with Crippen molar-refractivity contribution in [1.29, 1.82) is 0 Å². The van der Waals surface area contributed by atoms with Crippen LogP contribution in [0.3, 0.4) is 0 Å². The molecule has 4 rings (SSSR count). The molecule has 2 heterocycles. The molecule has 0 atom stereocenters. The first kappa shape index (κ1) is 17.8. The minimum absolute atomic E-state index is 0.0198. The van der Waals surface area contributed by atoms with Gasteiger partial charge in [0.2, 0.25) is 10.0 Å². The van der Waals surface area contributed by atoms with Crippen molar-refractivity contribution in [2.45, 2.75) is 23.8 Å². The average molecular weight is 404 g/mol. The van der Waals surface area contributed by atoms with Crippen LogP contribution in [0.2, 0.25) is 0 Å². The van der Waals surface area contributed by atoms with Crippen molar-refractivity contribution in [2.24, 2.45) is 0 Å². The Kier molecular flexibility index (Phi) is 4.54. The van der Waals surface area contributed by atoms with Gasteiger partial charge in [0, 0.05) is 18.7 Å². The molecule has 0 unspecified atom stereocenters. The number of amides is 1. The van der Waals surface area contributed by atoms with E-state index in [0.717, 1.165) is 17.7 Å². The van der Waals surface area contributed by atoms with Crippen LogP contribution in [-0.2, 0) is 10.0 Å². The lowest BCUT2D eigenvalue weighted by Gasteiger charge is -2.16. The summed E-state index contributed by atoms with van der Waals surface area (Å²) in [6.07, 6.45) is 1.77. The fourth-order valence-corrected chi connectivity index (χ4v) is 4.58. The van der Waals surface area contributed by atoms with E-state index in [2.05, 4.69) is 15.5 Å². The van der Waals surface area contributed by atoms with E-state index in [0.29, 0.717) is 11.5 Å². The third-order valence-corrected chi connectivity index (χ3v) is 7.01. The van der Waals surface area contributed by atoms with Gasteiger partial charge in [0.25, 0.3) is 11.8 Å². The maximum atomic E-state index is 12.5. The summed E-state index contributed by atoms with van der Waals surface area (Å²) in [6, 6.07) is 9.52. The lowest BCUT2D eigenvalue weighted by molar-refractivity contribution is 0.102. The maximum absolute atomic E-state index is 12.5. The molecule has 2 aromatic heterocycles. The molecule has 140 valence electrons. The first-order valence-corrected chi connectivity index (χ1v) is 10.5. The zero-order valence-corrected chi connectivity index (χ0v) is 16.0. The van der Waals surface area contributed by atoms with Crippen LogP contribution in [0.4, 0.5) is 6.01 Å². The average Bonchev–Trinajstić information content (AvgIpc) is 3.16. The van der Waals surface area contributed by atoms with Crippen LogP contribution in [0.15, 0.2) is 51.1 Å². The number of sulfonamides is 1. The van der Waals surface area contributed by atoms with E-state index in [4.69, 9.17) is 4.42 Å². The van der Waals surface area contributed by atoms with Gasteiger partial charge in [0.15, 0.2) is 0 Å². The van der Waals surface area contributed by atoms with Crippen molar-refractivity contribution in [3.63, 3.8) is 0 Å². The van der Waals surface area contributed by atoms with Crippen molar-refractivity contribution < 1.29 is 17.6 Å². The highest BCUT2D eigenvalue weighted by Crippen LogP contribution is 2.30. The summed E-state index contributed by atoms with van der Waals surface area (Å²) in [5.74, 6) is -0.138. The molecule has 1 saturated carbocycles. The summed E-state index contributed by atoms with van der Waals surface area (Å²) in [4.78, 5) is 13.3. The Morgan fingerprint density at radius 3 is 2.59 bits per heavy atom. The van der Waals surface area contributed by atoms with Gasteiger partial charge in [-0.05, 0) is 48.6 Å². The number of carbonyl (C=O) groups is 1. The molecule has 27 heavy (non-hydrogen) atoms. The molecule has 1 fully saturated rings. The predicted molar refractivity (Wildman–Crippen MR) is 100.0 cm³/mol. The van der Waals surface area contributed by atoms with Gasteiger partial charge < -0.3 is 4.42 Å². The highest BCUT2D eigenvalue weighted by atomic mass is 32.2. The number of carbonyl (C=O) groups excluding carboxylic acids is 1. The van der Waals surface area contributed by atoms with Gasteiger partial charge in [-0.2, -0.15) is 4.31 Å². The second kappa shape index (κ2) is 6.87. The summed E-state index contributed by atoms with van der Waals surface area (Å²) >= 11 is 1.45. The van der Waals surface area contributed by atoms with Crippen LogP contribution < -0.4 is 5.32 Å². The number of aromatic nitrogens is 2. The van der Waals surface area contributed by atoms with Crippen molar-refractivity contribution in [3.05, 3.63) is 47.3 Å². The van der Waals surface area contributed by atoms with E-state index in [1.165, 1.54) is 39.9 Å². The quantitative estimate of drug-likeness (QED) is 0.677. The second-order valence-electron chi connectivity index (χ2n) is 6.12. The van der Waals surface area contributed by atoms with E-state index in [1.54, 1.807) is 7.05 Å². The van der Waals surface area contributed by atoms with E-state index < -0.39 is 15.9 Å². The summed E-state index contributed by atoms with van der Waals surface area (Å²) in [5.41, 5.74) is 0.291. The van der Waals surface area contributed by atoms with Crippen LogP contribution in [0.25, 0.3) is 10.8 Å². The van der Waals surface area contributed by atoms with Gasteiger partial charge in [0.05, 0.1) is 9.77 Å². The van der Waals surface area contributed by atoms with Crippen molar-refractivity contribution >= 4 is 33.3 Å². The topological polar surface area (TPSA) is 105 Å². The molecule has 1 aromatic carbocycles. The highest BCUT2D eigenvalue weighted by molar-refractivity contribution is 7.89. The standard InChI is InChI=1S/C17H16N4O4S2/c1-21(12-6-7-12)27(23,24)13-8-4-11(5-9-13)15(22)18-17-20-19-16(25-17)14-3-2-10-26-14/h2-5,8-10,12H,6-7H2,1H3,(H,18,20,22). The van der Waals surface area contributed by atoms with Crippen LogP contribution in [-0.4, -0.2) is 41.9 Å². The Balaban J connectivity index is 1.46. The van der Waals surface area contributed by atoms with Gasteiger partial charge in [-0.1, -0.05) is 11.2 Å². The summed E-state index contributed by atoms with van der Waals surface area (Å²) in [5, 5.41) is 12.1. The molecule has 8 nitrogen and oxygen atoms in total. The van der Waals surface area contributed by atoms with Gasteiger partial charge in [0.1, 0.15) is 0 Å². The van der Waals surface area contributed by atoms with Crippen LogP contribution >= 0.6 is 11.3 Å². The third-order valence-electron chi connectivity index (χ3n) is 4.23. The molecule has 1 aliphatic rings. The maximum Gasteiger partial charge on any atom is 0.322 e. The Hall–Kier alpha value is -2.56. The second-order valence-corrected chi connectivity index (χ2v) is 9.07. The molecule has 1 amide bonds. The number of hydrogen-bond donors (Lipinski definition) is 1. The fourth-order valence-electron chi connectivity index (χ4n) is 2.52. The Morgan fingerprint density at radius 2 is 1.96 bits per heavy atom. The molecule has 0 bridgehead atoms. The van der Waals surface area contributed by atoms with Crippen molar-refractivity contribution in [3.8, 4) is 10.8 Å². The molecule has 1 N–H and O–H groups in total. The number of anilines is 1. The lowest BCUT2D eigenvalue weighted by atomic mass is 10.2. The predicted octanol–water partition coefficient (Wildman–Crippen LogP) is 2.83. The first-order valence-electron chi connectivity index (χ1n) is 8.22. The molecule has 3 aromatic rings. The Labute approximate surface area is 159 Å². The fraction of sp³-hybridized carbons (Fsp3) is 0.235. The number of nitrogens with zero attached hydrogens (tertiary/aromatic N) is 3. The Bertz CT molecular complexity index is 1050. The van der Waals surface area contributed by atoms with E-state index in [9.17, 15) is 13.2 Å². The van der Waals surface area contributed by atoms with Gasteiger partial charge in [-0.25, -0.2) is 8.42 Å².